The van der Waals surface area contributed by atoms with E-state index < -0.39 is 6.10 Å². The van der Waals surface area contributed by atoms with E-state index in [0.29, 0.717) is 29.7 Å². The Morgan fingerprint density at radius 3 is 2.54 bits per heavy atom. The number of ether oxygens (including phenoxy) is 2. The first-order valence-electron chi connectivity index (χ1n) is 8.12. The average molecular weight is 351 g/mol. The second kappa shape index (κ2) is 8.92. The third kappa shape index (κ3) is 4.63. The normalized spacial score (nSPS) is 13.4. The molecule has 0 radical (unpaired) electrons. The van der Waals surface area contributed by atoms with E-state index in [4.69, 9.17) is 21.1 Å². The number of quaternary nitrogens is 1. The number of hydrogen-bond acceptors (Lipinski definition) is 3. The van der Waals surface area contributed by atoms with E-state index in [0.717, 1.165) is 11.1 Å². The van der Waals surface area contributed by atoms with Gasteiger partial charge in [-0.2, -0.15) is 0 Å². The molecular weight excluding hydrogens is 326 g/mol. The Kier molecular flexibility index (Phi) is 6.91. The molecule has 0 saturated heterocycles. The molecule has 0 aromatic heterocycles. The monoisotopic (exact) mass is 350 g/mol. The zero-order chi connectivity index (χ0) is 17.5. The minimum absolute atomic E-state index is 0.0174. The van der Waals surface area contributed by atoms with Gasteiger partial charge in [0.05, 0.1) is 18.7 Å². The highest BCUT2D eigenvalue weighted by molar-refractivity contribution is 6.32. The van der Waals surface area contributed by atoms with E-state index >= 15 is 0 Å². The molecule has 2 aromatic rings. The van der Waals surface area contributed by atoms with E-state index in [1.54, 1.807) is 7.11 Å². The zero-order valence-corrected chi connectivity index (χ0v) is 15.1. The smallest absolute Gasteiger partial charge is 0.179 e. The number of aliphatic hydroxyl groups is 1. The largest absolute Gasteiger partial charge is 0.493 e. The van der Waals surface area contributed by atoms with Crippen LogP contribution in [0.15, 0.2) is 42.5 Å². The van der Waals surface area contributed by atoms with Crippen LogP contribution in [0.2, 0.25) is 5.02 Å². The predicted molar refractivity (Wildman–Crippen MR) is 95.7 cm³/mol. The van der Waals surface area contributed by atoms with Crippen molar-refractivity contribution in [1.29, 1.82) is 0 Å². The molecule has 0 aliphatic carbocycles. The Balaban J connectivity index is 2.04. The Bertz CT molecular complexity index is 649. The van der Waals surface area contributed by atoms with Crippen LogP contribution in [0.1, 0.15) is 31.1 Å². The van der Waals surface area contributed by atoms with Crippen LogP contribution >= 0.6 is 11.6 Å². The maximum absolute atomic E-state index is 10.4. The summed E-state index contributed by atoms with van der Waals surface area (Å²) >= 11 is 6.30. The molecule has 2 aromatic carbocycles. The highest BCUT2D eigenvalue weighted by Crippen LogP contribution is 2.36. The molecule has 24 heavy (non-hydrogen) atoms. The minimum atomic E-state index is -0.522. The van der Waals surface area contributed by atoms with Gasteiger partial charge in [-0.1, -0.05) is 41.9 Å². The maximum atomic E-state index is 10.4. The fraction of sp³-hybridized carbons (Fsp3) is 0.368. The predicted octanol–water partition coefficient (Wildman–Crippen LogP) is 2.93. The summed E-state index contributed by atoms with van der Waals surface area (Å²) in [6, 6.07) is 13.5. The van der Waals surface area contributed by atoms with Gasteiger partial charge in [0, 0.05) is 5.56 Å². The van der Waals surface area contributed by atoms with Crippen molar-refractivity contribution < 1.29 is 19.9 Å². The van der Waals surface area contributed by atoms with Gasteiger partial charge in [0.2, 0.25) is 0 Å². The van der Waals surface area contributed by atoms with Gasteiger partial charge in [0.1, 0.15) is 18.7 Å². The van der Waals surface area contributed by atoms with Crippen molar-refractivity contribution >= 4 is 11.6 Å². The highest BCUT2D eigenvalue weighted by atomic mass is 35.5. The molecular formula is C19H25ClNO3+. The standard InChI is InChI=1S/C19H24ClNO3/c1-4-24-19-16(20)10-14(11-17(19)23-3)12-21-13(2)18(22)15-8-6-5-7-9-15/h5-11,13,18,21-22H,4,12H2,1-3H3/p+1/t13-,18-/m1/s1. The first-order valence-corrected chi connectivity index (χ1v) is 8.50. The number of rotatable bonds is 8. The molecule has 0 fully saturated rings. The van der Waals surface area contributed by atoms with Crippen LogP contribution < -0.4 is 14.8 Å². The lowest BCUT2D eigenvalue weighted by Gasteiger charge is -2.18. The summed E-state index contributed by atoms with van der Waals surface area (Å²) in [4.78, 5) is 0. The number of aliphatic hydroxyl groups excluding tert-OH is 1. The van der Waals surface area contributed by atoms with E-state index in [1.807, 2.05) is 56.3 Å². The van der Waals surface area contributed by atoms with E-state index in [1.165, 1.54) is 0 Å². The Hall–Kier alpha value is -1.75. The Morgan fingerprint density at radius 2 is 1.92 bits per heavy atom. The fourth-order valence-corrected chi connectivity index (χ4v) is 2.87. The fourth-order valence-electron chi connectivity index (χ4n) is 2.58. The summed E-state index contributed by atoms with van der Waals surface area (Å²) in [5.41, 5.74) is 1.94. The molecule has 4 nitrogen and oxygen atoms in total. The lowest BCUT2D eigenvalue weighted by Crippen LogP contribution is -2.88. The van der Waals surface area contributed by atoms with Crippen LogP contribution in [0.3, 0.4) is 0 Å². The quantitative estimate of drug-likeness (QED) is 0.769. The molecule has 2 atom stereocenters. The van der Waals surface area contributed by atoms with Crippen LogP contribution in [-0.2, 0) is 6.54 Å². The van der Waals surface area contributed by atoms with Crippen molar-refractivity contribution in [2.45, 2.75) is 32.5 Å². The SMILES string of the molecule is CCOc1c(Cl)cc(C[NH2+][C@H](C)[C@@H](O)c2ccccc2)cc1OC. The van der Waals surface area contributed by atoms with Crippen LogP contribution in [0.5, 0.6) is 11.5 Å². The third-order valence-corrected chi connectivity index (χ3v) is 4.22. The van der Waals surface area contributed by atoms with Gasteiger partial charge in [-0.25, -0.2) is 0 Å². The van der Waals surface area contributed by atoms with E-state index in [-0.39, 0.29) is 6.04 Å². The molecule has 3 N–H and O–H groups in total. The minimum Gasteiger partial charge on any atom is -0.493 e. The number of halogens is 1. The topological polar surface area (TPSA) is 55.3 Å². The molecule has 130 valence electrons. The second-order valence-corrected chi connectivity index (χ2v) is 6.10. The van der Waals surface area contributed by atoms with Gasteiger partial charge in [-0.3, -0.25) is 0 Å². The summed E-state index contributed by atoms with van der Waals surface area (Å²) in [5, 5.41) is 13.1. The van der Waals surface area contributed by atoms with E-state index in [9.17, 15) is 5.11 Å². The Morgan fingerprint density at radius 1 is 1.21 bits per heavy atom. The van der Waals surface area contributed by atoms with E-state index in [2.05, 4.69) is 5.32 Å². The number of hydrogen-bond donors (Lipinski definition) is 2. The number of methoxy groups -OCH3 is 1. The average Bonchev–Trinajstić information content (AvgIpc) is 2.61. The van der Waals surface area contributed by atoms with Crippen LogP contribution in [0.4, 0.5) is 0 Å². The molecule has 0 bridgehead atoms. The molecule has 0 saturated carbocycles. The van der Waals surface area contributed by atoms with Crippen molar-refractivity contribution in [3.8, 4) is 11.5 Å². The van der Waals surface area contributed by atoms with Crippen LogP contribution in [0, 0.1) is 0 Å². The van der Waals surface area contributed by atoms with Crippen molar-refractivity contribution in [2.75, 3.05) is 13.7 Å². The molecule has 0 spiro atoms. The summed E-state index contributed by atoms with van der Waals surface area (Å²) in [6.45, 7) is 5.13. The number of nitrogens with two attached hydrogens (primary N) is 1. The first kappa shape index (κ1) is 18.6. The molecule has 0 unspecified atom stereocenters. The van der Waals surface area contributed by atoms with Gasteiger partial charge in [0.15, 0.2) is 11.5 Å². The summed E-state index contributed by atoms with van der Waals surface area (Å²) in [7, 11) is 1.60. The molecule has 0 aliphatic heterocycles. The highest BCUT2D eigenvalue weighted by Gasteiger charge is 2.19. The summed E-state index contributed by atoms with van der Waals surface area (Å²) in [5.74, 6) is 1.20. The molecule has 0 heterocycles. The summed E-state index contributed by atoms with van der Waals surface area (Å²) < 4.78 is 10.9. The van der Waals surface area contributed by atoms with Crippen LogP contribution in [0.25, 0.3) is 0 Å². The lowest BCUT2D eigenvalue weighted by molar-refractivity contribution is -0.709. The maximum Gasteiger partial charge on any atom is 0.179 e. The summed E-state index contributed by atoms with van der Waals surface area (Å²) in [6.07, 6.45) is -0.522. The zero-order valence-electron chi connectivity index (χ0n) is 14.3. The molecule has 0 amide bonds. The second-order valence-electron chi connectivity index (χ2n) is 5.70. The lowest BCUT2D eigenvalue weighted by atomic mass is 10.0. The first-order chi connectivity index (χ1) is 11.6. The van der Waals surface area contributed by atoms with Gasteiger partial charge in [-0.15, -0.1) is 0 Å². The van der Waals surface area contributed by atoms with Crippen molar-refractivity contribution in [3.05, 3.63) is 58.6 Å². The number of benzene rings is 2. The van der Waals surface area contributed by atoms with Gasteiger partial charge in [0.25, 0.3) is 0 Å². The Labute approximate surface area is 148 Å². The molecule has 5 heteroatoms. The van der Waals surface area contributed by atoms with Gasteiger partial charge >= 0.3 is 0 Å². The van der Waals surface area contributed by atoms with Gasteiger partial charge in [-0.05, 0) is 31.5 Å². The van der Waals surface area contributed by atoms with Crippen molar-refractivity contribution in [1.82, 2.24) is 0 Å². The molecule has 0 aliphatic rings. The molecule has 2 rings (SSSR count). The van der Waals surface area contributed by atoms with Crippen LogP contribution in [-0.4, -0.2) is 24.9 Å². The van der Waals surface area contributed by atoms with Crippen molar-refractivity contribution in [3.63, 3.8) is 0 Å². The van der Waals surface area contributed by atoms with Crippen molar-refractivity contribution in [2.24, 2.45) is 0 Å². The third-order valence-electron chi connectivity index (χ3n) is 3.94. The van der Waals surface area contributed by atoms with Gasteiger partial charge < -0.3 is 19.9 Å².